The van der Waals surface area contributed by atoms with Crippen LogP contribution in [0.4, 0.5) is 39.7 Å². The average molecular weight is 471 g/mol. The van der Waals surface area contributed by atoms with Crippen molar-refractivity contribution < 1.29 is 22.4 Å². The number of hydrogen-bond acceptors (Lipinski definition) is 5. The molecule has 4 aromatic rings. The zero-order valence-corrected chi connectivity index (χ0v) is 17.6. The number of nitrogens with two attached hydrogens (primary N) is 1. The van der Waals surface area contributed by atoms with Crippen molar-refractivity contribution in [2.24, 2.45) is 7.05 Å². The predicted molar refractivity (Wildman–Crippen MR) is 118 cm³/mol. The van der Waals surface area contributed by atoms with E-state index in [0.29, 0.717) is 17.0 Å². The lowest BCUT2D eigenvalue weighted by molar-refractivity contribution is -0.137. The maximum atomic E-state index is 15.4. The van der Waals surface area contributed by atoms with Gasteiger partial charge in [0.2, 0.25) is 5.95 Å². The van der Waals surface area contributed by atoms with Crippen LogP contribution in [0.2, 0.25) is 0 Å². The third-order valence-corrected chi connectivity index (χ3v) is 4.75. The highest BCUT2D eigenvalue weighted by Gasteiger charge is 2.30. The highest BCUT2D eigenvalue weighted by atomic mass is 19.4. The van der Waals surface area contributed by atoms with E-state index >= 15 is 4.39 Å². The van der Waals surface area contributed by atoms with Crippen LogP contribution >= 0.6 is 0 Å². The zero-order chi connectivity index (χ0) is 24.5. The van der Waals surface area contributed by atoms with Crippen molar-refractivity contribution in [2.75, 3.05) is 16.4 Å². The van der Waals surface area contributed by atoms with Crippen molar-refractivity contribution in [1.29, 1.82) is 0 Å². The van der Waals surface area contributed by atoms with Gasteiger partial charge in [-0.1, -0.05) is 12.1 Å². The molecule has 2 amide bonds. The summed E-state index contributed by atoms with van der Waals surface area (Å²) in [7, 11) is 1.66. The summed E-state index contributed by atoms with van der Waals surface area (Å²) in [5.41, 5.74) is 6.08. The Morgan fingerprint density at radius 2 is 1.76 bits per heavy atom. The number of benzene rings is 2. The second-order valence-electron chi connectivity index (χ2n) is 7.19. The molecule has 0 atom stereocenters. The third-order valence-electron chi connectivity index (χ3n) is 4.75. The van der Waals surface area contributed by atoms with E-state index in [1.807, 2.05) is 0 Å². The largest absolute Gasteiger partial charge is 0.416 e. The first-order valence-corrected chi connectivity index (χ1v) is 9.78. The maximum Gasteiger partial charge on any atom is 0.416 e. The zero-order valence-electron chi connectivity index (χ0n) is 17.6. The van der Waals surface area contributed by atoms with Crippen LogP contribution in [0.3, 0.4) is 0 Å². The fourth-order valence-corrected chi connectivity index (χ4v) is 3.24. The van der Waals surface area contributed by atoms with E-state index < -0.39 is 23.6 Å². The van der Waals surface area contributed by atoms with Crippen molar-refractivity contribution >= 4 is 23.4 Å². The van der Waals surface area contributed by atoms with Crippen LogP contribution in [0, 0.1) is 5.82 Å². The monoisotopic (exact) mass is 471 g/mol. The number of anilines is 3. The van der Waals surface area contributed by atoms with Crippen molar-refractivity contribution in [1.82, 2.24) is 19.7 Å². The lowest BCUT2D eigenvalue weighted by Gasteiger charge is -2.12. The topological polar surface area (TPSA) is 111 Å². The van der Waals surface area contributed by atoms with E-state index in [0.717, 1.165) is 24.3 Å². The molecule has 34 heavy (non-hydrogen) atoms. The van der Waals surface area contributed by atoms with Crippen molar-refractivity contribution in [3.05, 3.63) is 72.3 Å². The van der Waals surface area contributed by atoms with Gasteiger partial charge in [-0.2, -0.15) is 18.3 Å². The lowest BCUT2D eigenvalue weighted by Crippen LogP contribution is -2.20. The van der Waals surface area contributed by atoms with Gasteiger partial charge in [-0.05, 0) is 36.4 Å². The van der Waals surface area contributed by atoms with E-state index in [2.05, 4.69) is 25.7 Å². The summed E-state index contributed by atoms with van der Waals surface area (Å²) in [6, 6.07) is 9.03. The summed E-state index contributed by atoms with van der Waals surface area (Å²) in [5, 5.41) is 9.08. The number of hydrogen-bond donors (Lipinski definition) is 3. The van der Waals surface area contributed by atoms with Gasteiger partial charge in [-0.3, -0.25) is 4.68 Å². The number of urea groups is 1. The molecule has 2 aromatic carbocycles. The van der Waals surface area contributed by atoms with Crippen LogP contribution in [0.1, 0.15) is 5.56 Å². The number of alkyl halides is 3. The molecule has 2 heterocycles. The molecule has 0 aliphatic heterocycles. The summed E-state index contributed by atoms with van der Waals surface area (Å²) < 4.78 is 54.9. The van der Waals surface area contributed by atoms with E-state index in [9.17, 15) is 18.0 Å². The minimum Gasteiger partial charge on any atom is -0.368 e. The smallest absolute Gasteiger partial charge is 0.368 e. The summed E-state index contributed by atoms with van der Waals surface area (Å²) >= 11 is 0. The number of aromatic nitrogens is 4. The Labute approximate surface area is 190 Å². The minimum atomic E-state index is -4.49. The van der Waals surface area contributed by atoms with Crippen molar-refractivity contribution in [2.45, 2.75) is 6.18 Å². The Morgan fingerprint density at radius 3 is 2.44 bits per heavy atom. The standard InChI is InChI=1S/C22H17F4N7O/c1-33-11-15(19(32-33)17-9-10-28-20(27)30-17)14-3-2-4-16(18(14)23)31-21(34)29-13-7-5-12(6-8-13)22(24,25)26/h2-11H,1H3,(H2,27,28,30)(H2,29,31,34). The Balaban J connectivity index is 1.58. The molecule has 0 radical (unpaired) electrons. The molecule has 4 rings (SSSR count). The molecule has 0 aliphatic carbocycles. The summed E-state index contributed by atoms with van der Waals surface area (Å²) in [6.45, 7) is 0. The predicted octanol–water partition coefficient (Wildman–Crippen LogP) is 4.93. The number of nitrogens with one attached hydrogen (secondary N) is 2. The maximum absolute atomic E-state index is 15.4. The molecule has 0 spiro atoms. The Kier molecular flexibility index (Phi) is 5.88. The normalized spacial score (nSPS) is 11.3. The highest BCUT2D eigenvalue weighted by Crippen LogP contribution is 2.34. The molecule has 0 fully saturated rings. The van der Waals surface area contributed by atoms with Gasteiger partial charge in [0.05, 0.1) is 16.9 Å². The van der Waals surface area contributed by atoms with Crippen LogP contribution in [-0.4, -0.2) is 25.8 Å². The Bertz CT molecular complexity index is 1350. The van der Waals surface area contributed by atoms with E-state index in [1.54, 1.807) is 19.3 Å². The number of carbonyl (C=O) groups is 1. The van der Waals surface area contributed by atoms with Crippen LogP contribution < -0.4 is 16.4 Å². The van der Waals surface area contributed by atoms with Gasteiger partial charge in [0.25, 0.3) is 0 Å². The number of nitrogen functional groups attached to an aromatic ring is 1. The minimum absolute atomic E-state index is 0.0323. The fourth-order valence-electron chi connectivity index (χ4n) is 3.24. The molecule has 0 saturated heterocycles. The molecule has 4 N–H and O–H groups in total. The molecule has 174 valence electrons. The highest BCUT2D eigenvalue weighted by molar-refractivity contribution is 6.00. The number of halogens is 4. The van der Waals surface area contributed by atoms with Crippen LogP contribution in [0.25, 0.3) is 22.5 Å². The molecule has 2 aromatic heterocycles. The first-order chi connectivity index (χ1) is 16.1. The third kappa shape index (κ3) is 4.80. The van der Waals surface area contributed by atoms with Gasteiger partial charge < -0.3 is 16.4 Å². The first kappa shape index (κ1) is 22.7. The number of rotatable bonds is 4. The van der Waals surface area contributed by atoms with Gasteiger partial charge in [0, 0.05) is 36.3 Å². The number of amides is 2. The SMILES string of the molecule is Cn1cc(-c2cccc(NC(=O)Nc3ccc(C(F)(F)F)cc3)c2F)c(-c2ccnc(N)n2)n1. The van der Waals surface area contributed by atoms with Gasteiger partial charge >= 0.3 is 12.2 Å². The molecule has 12 heteroatoms. The summed E-state index contributed by atoms with van der Waals surface area (Å²) in [5.74, 6) is -0.703. The molecule has 8 nitrogen and oxygen atoms in total. The molecule has 0 unspecified atom stereocenters. The second-order valence-corrected chi connectivity index (χ2v) is 7.19. The number of carbonyl (C=O) groups excluding carboxylic acids is 1. The van der Waals surface area contributed by atoms with Crippen molar-refractivity contribution in [3.63, 3.8) is 0 Å². The Morgan fingerprint density at radius 1 is 1.03 bits per heavy atom. The van der Waals surface area contributed by atoms with Gasteiger partial charge in [-0.15, -0.1) is 0 Å². The molecule has 0 saturated carbocycles. The van der Waals surface area contributed by atoms with Gasteiger partial charge in [0.1, 0.15) is 5.69 Å². The van der Waals surface area contributed by atoms with Gasteiger partial charge in [-0.25, -0.2) is 19.2 Å². The quantitative estimate of drug-likeness (QED) is 0.366. The molecule has 0 aliphatic rings. The Hall–Kier alpha value is -4.48. The molecular formula is C22H17F4N7O. The van der Waals surface area contributed by atoms with Crippen LogP contribution in [-0.2, 0) is 13.2 Å². The average Bonchev–Trinajstić information content (AvgIpc) is 3.16. The lowest BCUT2D eigenvalue weighted by atomic mass is 10.0. The van der Waals surface area contributed by atoms with Crippen LogP contribution in [0.5, 0.6) is 0 Å². The number of nitrogens with zero attached hydrogens (tertiary/aromatic N) is 4. The van der Waals surface area contributed by atoms with Crippen molar-refractivity contribution in [3.8, 4) is 22.5 Å². The summed E-state index contributed by atoms with van der Waals surface area (Å²) in [6.07, 6.45) is -1.44. The molecular weight excluding hydrogens is 454 g/mol. The molecule has 0 bridgehead atoms. The van der Waals surface area contributed by atoms with E-state index in [4.69, 9.17) is 5.73 Å². The fraction of sp³-hybridized carbons (Fsp3) is 0.0909. The number of aryl methyl sites for hydroxylation is 1. The summed E-state index contributed by atoms with van der Waals surface area (Å²) in [4.78, 5) is 20.3. The van der Waals surface area contributed by atoms with E-state index in [-0.39, 0.29) is 22.9 Å². The second kappa shape index (κ2) is 8.81. The first-order valence-electron chi connectivity index (χ1n) is 9.78. The van der Waals surface area contributed by atoms with Gasteiger partial charge in [0.15, 0.2) is 5.82 Å². The van der Waals surface area contributed by atoms with Crippen LogP contribution in [0.15, 0.2) is 60.9 Å². The van der Waals surface area contributed by atoms with E-state index in [1.165, 1.54) is 29.1 Å².